The minimum atomic E-state index is -0.132. The van der Waals surface area contributed by atoms with Crippen molar-refractivity contribution in [2.45, 2.75) is 0 Å². The normalized spacial score (nSPS) is 11.6. The van der Waals surface area contributed by atoms with Crippen molar-refractivity contribution in [3.8, 4) is 0 Å². The molecule has 0 saturated carbocycles. The standard InChI is InChI=1S/C10H13BrO3/c1-3-8(9(13)7-11)10(4-2)14-6-5-12/h3-4,12H,1-2,5-7H2/b10-8-. The van der Waals surface area contributed by atoms with E-state index in [-0.39, 0.29) is 24.3 Å². The van der Waals surface area contributed by atoms with Gasteiger partial charge in [-0.1, -0.05) is 35.2 Å². The van der Waals surface area contributed by atoms with Crippen molar-refractivity contribution in [1.82, 2.24) is 0 Å². The van der Waals surface area contributed by atoms with Gasteiger partial charge in [0.2, 0.25) is 0 Å². The van der Waals surface area contributed by atoms with Gasteiger partial charge in [-0.2, -0.15) is 0 Å². The monoisotopic (exact) mass is 260 g/mol. The van der Waals surface area contributed by atoms with E-state index >= 15 is 0 Å². The molecule has 1 N–H and O–H groups in total. The Morgan fingerprint density at radius 2 is 2.07 bits per heavy atom. The predicted molar refractivity (Wildman–Crippen MR) is 59.3 cm³/mol. The Labute approximate surface area is 91.9 Å². The van der Waals surface area contributed by atoms with Crippen LogP contribution in [0, 0.1) is 0 Å². The van der Waals surface area contributed by atoms with Gasteiger partial charge in [0.15, 0.2) is 5.78 Å². The van der Waals surface area contributed by atoms with E-state index in [4.69, 9.17) is 9.84 Å². The van der Waals surface area contributed by atoms with Gasteiger partial charge in [-0.3, -0.25) is 4.79 Å². The fourth-order valence-electron chi connectivity index (χ4n) is 0.826. The zero-order valence-electron chi connectivity index (χ0n) is 7.83. The SMILES string of the molecule is C=C/C(OCCO)=C(\C=C)C(=O)CBr. The van der Waals surface area contributed by atoms with Crippen LogP contribution < -0.4 is 0 Å². The average molecular weight is 261 g/mol. The molecule has 0 saturated heterocycles. The van der Waals surface area contributed by atoms with Crippen molar-refractivity contribution in [3.05, 3.63) is 36.6 Å². The van der Waals surface area contributed by atoms with E-state index in [0.29, 0.717) is 11.3 Å². The van der Waals surface area contributed by atoms with Crippen molar-refractivity contribution in [2.24, 2.45) is 0 Å². The highest BCUT2D eigenvalue weighted by Crippen LogP contribution is 2.11. The van der Waals surface area contributed by atoms with Crippen LogP contribution >= 0.6 is 15.9 Å². The van der Waals surface area contributed by atoms with Crippen LogP contribution in [0.25, 0.3) is 0 Å². The first-order chi connectivity index (χ1) is 6.71. The first-order valence-electron chi connectivity index (χ1n) is 4.03. The molecule has 0 fully saturated rings. The maximum absolute atomic E-state index is 11.3. The minimum Gasteiger partial charge on any atom is -0.490 e. The van der Waals surface area contributed by atoms with Crippen LogP contribution in [0.15, 0.2) is 36.6 Å². The first kappa shape index (κ1) is 13.1. The third kappa shape index (κ3) is 3.89. The molecule has 0 spiro atoms. The Morgan fingerprint density at radius 1 is 1.43 bits per heavy atom. The molecule has 0 atom stereocenters. The van der Waals surface area contributed by atoms with Crippen molar-refractivity contribution in [2.75, 3.05) is 18.5 Å². The van der Waals surface area contributed by atoms with E-state index in [1.54, 1.807) is 0 Å². The zero-order chi connectivity index (χ0) is 11.0. The Morgan fingerprint density at radius 3 is 2.43 bits per heavy atom. The quantitative estimate of drug-likeness (QED) is 0.327. The molecule has 0 aromatic heterocycles. The minimum absolute atomic E-state index is 0.107. The molecule has 0 aliphatic rings. The summed E-state index contributed by atoms with van der Waals surface area (Å²) in [6.07, 6.45) is 2.84. The smallest absolute Gasteiger partial charge is 0.177 e. The molecule has 0 aromatic rings. The van der Waals surface area contributed by atoms with Gasteiger partial charge in [0.05, 0.1) is 17.5 Å². The Kier molecular flexibility index (Phi) is 7.06. The molecule has 0 bridgehead atoms. The first-order valence-corrected chi connectivity index (χ1v) is 5.15. The highest BCUT2D eigenvalue weighted by molar-refractivity contribution is 9.09. The van der Waals surface area contributed by atoms with Gasteiger partial charge in [-0.15, -0.1) is 0 Å². The Hall–Kier alpha value is -0.870. The molecular weight excluding hydrogens is 248 g/mol. The van der Waals surface area contributed by atoms with Crippen LogP contribution in [0.5, 0.6) is 0 Å². The van der Waals surface area contributed by atoms with Gasteiger partial charge in [-0.05, 0) is 6.08 Å². The van der Waals surface area contributed by atoms with Crippen LogP contribution in [-0.4, -0.2) is 29.4 Å². The second-order valence-corrected chi connectivity index (χ2v) is 2.88. The summed E-state index contributed by atoms with van der Waals surface area (Å²) in [5.74, 6) is 0.214. The van der Waals surface area contributed by atoms with E-state index < -0.39 is 0 Å². The van der Waals surface area contributed by atoms with E-state index in [1.165, 1.54) is 12.2 Å². The summed E-state index contributed by atoms with van der Waals surface area (Å²) in [7, 11) is 0. The summed E-state index contributed by atoms with van der Waals surface area (Å²) in [4.78, 5) is 11.3. The Balaban J connectivity index is 4.81. The maximum Gasteiger partial charge on any atom is 0.177 e. The second kappa shape index (κ2) is 7.53. The molecule has 0 amide bonds. The molecule has 3 nitrogen and oxygen atoms in total. The van der Waals surface area contributed by atoms with Crippen LogP contribution in [0.4, 0.5) is 0 Å². The van der Waals surface area contributed by atoms with Crippen LogP contribution in [0.1, 0.15) is 0 Å². The largest absolute Gasteiger partial charge is 0.490 e. The molecule has 0 heterocycles. The van der Waals surface area contributed by atoms with Crippen molar-refractivity contribution in [1.29, 1.82) is 0 Å². The van der Waals surface area contributed by atoms with E-state index in [2.05, 4.69) is 29.1 Å². The van der Waals surface area contributed by atoms with Gasteiger partial charge >= 0.3 is 0 Å². The number of halogens is 1. The number of aliphatic hydroxyl groups is 1. The molecule has 14 heavy (non-hydrogen) atoms. The average Bonchev–Trinajstić information content (AvgIpc) is 2.23. The highest BCUT2D eigenvalue weighted by atomic mass is 79.9. The van der Waals surface area contributed by atoms with E-state index in [9.17, 15) is 4.79 Å². The highest BCUT2D eigenvalue weighted by Gasteiger charge is 2.10. The predicted octanol–water partition coefficient (Wildman–Crippen LogP) is 1.59. The maximum atomic E-state index is 11.3. The molecular formula is C10H13BrO3. The molecule has 0 rings (SSSR count). The summed E-state index contributed by atoms with van der Waals surface area (Å²) in [6, 6.07) is 0. The molecule has 0 aromatic carbocycles. The lowest BCUT2D eigenvalue weighted by atomic mass is 10.1. The van der Waals surface area contributed by atoms with Gasteiger partial charge < -0.3 is 9.84 Å². The summed E-state index contributed by atoms with van der Waals surface area (Å²) >= 11 is 3.05. The number of carbonyl (C=O) groups excluding carboxylic acids is 1. The van der Waals surface area contributed by atoms with Crippen LogP contribution in [0.2, 0.25) is 0 Å². The van der Waals surface area contributed by atoms with Gasteiger partial charge in [0.1, 0.15) is 12.4 Å². The van der Waals surface area contributed by atoms with Gasteiger partial charge in [0.25, 0.3) is 0 Å². The van der Waals surface area contributed by atoms with Gasteiger partial charge in [0, 0.05) is 0 Å². The third-order valence-corrected chi connectivity index (χ3v) is 1.93. The number of hydrogen-bond donors (Lipinski definition) is 1. The van der Waals surface area contributed by atoms with Crippen molar-refractivity contribution < 1.29 is 14.6 Å². The lowest BCUT2D eigenvalue weighted by Crippen LogP contribution is -2.07. The number of ketones is 1. The van der Waals surface area contributed by atoms with Crippen LogP contribution in [0.3, 0.4) is 0 Å². The lowest BCUT2D eigenvalue weighted by Gasteiger charge is -2.08. The fourth-order valence-corrected chi connectivity index (χ4v) is 1.13. The topological polar surface area (TPSA) is 46.5 Å². The van der Waals surface area contributed by atoms with Crippen molar-refractivity contribution >= 4 is 21.7 Å². The van der Waals surface area contributed by atoms with E-state index in [0.717, 1.165) is 0 Å². The third-order valence-electron chi connectivity index (χ3n) is 1.43. The lowest BCUT2D eigenvalue weighted by molar-refractivity contribution is -0.113. The van der Waals surface area contributed by atoms with E-state index in [1.807, 2.05) is 0 Å². The fraction of sp³-hybridized carbons (Fsp3) is 0.300. The zero-order valence-corrected chi connectivity index (χ0v) is 9.42. The number of allylic oxidation sites excluding steroid dienone is 3. The number of ether oxygens (including phenoxy) is 1. The second-order valence-electron chi connectivity index (χ2n) is 2.32. The van der Waals surface area contributed by atoms with Gasteiger partial charge in [-0.25, -0.2) is 0 Å². The number of hydrogen-bond acceptors (Lipinski definition) is 3. The number of aliphatic hydroxyl groups excluding tert-OH is 1. The molecule has 0 aliphatic heterocycles. The molecule has 78 valence electrons. The number of Topliss-reactive ketones (excluding diaryl/α,β-unsaturated/α-hetero) is 1. The molecule has 4 heteroatoms. The van der Waals surface area contributed by atoms with Crippen LogP contribution in [-0.2, 0) is 9.53 Å². The Bertz CT molecular complexity index is 256. The summed E-state index contributed by atoms with van der Waals surface area (Å²) in [5.41, 5.74) is 0.366. The summed E-state index contributed by atoms with van der Waals surface area (Å²) in [6.45, 7) is 7.06. The molecule has 0 unspecified atom stereocenters. The summed E-state index contributed by atoms with van der Waals surface area (Å²) < 4.78 is 5.12. The summed E-state index contributed by atoms with van der Waals surface area (Å²) in [5, 5.41) is 8.76. The molecule has 0 aliphatic carbocycles. The van der Waals surface area contributed by atoms with Crippen molar-refractivity contribution in [3.63, 3.8) is 0 Å². The number of rotatable bonds is 7. The molecule has 0 radical (unpaired) electrons. The number of carbonyl (C=O) groups is 1. The number of alkyl halides is 1.